The van der Waals surface area contributed by atoms with Crippen LogP contribution in [0.15, 0.2) is 47.4 Å². The third kappa shape index (κ3) is 5.95. The van der Waals surface area contributed by atoms with Crippen molar-refractivity contribution >= 4 is 27.5 Å². The van der Waals surface area contributed by atoms with Crippen molar-refractivity contribution in [1.82, 2.24) is 9.21 Å². The molecule has 1 aliphatic carbocycles. The number of aliphatic hydroxyl groups excluding tert-OH is 1. The molecular weight excluding hydrogens is 510 g/mol. The number of fused-ring (bicyclic) bond motifs is 1. The second-order valence-corrected chi connectivity index (χ2v) is 12.1. The molecule has 2 aromatic carbocycles. The minimum atomic E-state index is -3.82. The van der Waals surface area contributed by atoms with E-state index in [0.29, 0.717) is 17.2 Å². The van der Waals surface area contributed by atoms with Gasteiger partial charge >= 0.3 is 0 Å². The number of methoxy groups -OCH3 is 1. The Hall–Kier alpha value is -3.15. The molecule has 0 spiro atoms. The second-order valence-electron chi connectivity index (χ2n) is 10.1. The Morgan fingerprint density at radius 3 is 2.53 bits per heavy atom. The van der Waals surface area contributed by atoms with Crippen LogP contribution in [0.2, 0.25) is 0 Å². The molecule has 0 bridgehead atoms. The lowest BCUT2D eigenvalue weighted by Crippen LogP contribution is -2.50. The third-order valence-electron chi connectivity index (χ3n) is 7.09. The van der Waals surface area contributed by atoms with Gasteiger partial charge in [0.15, 0.2) is 0 Å². The van der Waals surface area contributed by atoms with E-state index >= 15 is 0 Å². The number of aliphatic hydroxyl groups is 1. The summed E-state index contributed by atoms with van der Waals surface area (Å²) in [5, 5.41) is 12.7. The van der Waals surface area contributed by atoms with Crippen LogP contribution in [0, 0.1) is 11.8 Å². The molecule has 3 atom stereocenters. The molecule has 1 heterocycles. The number of sulfonamides is 1. The molecular formula is C27H35N3O7S. The highest BCUT2D eigenvalue weighted by atomic mass is 32.2. The van der Waals surface area contributed by atoms with Crippen LogP contribution >= 0.6 is 0 Å². The first-order valence-electron chi connectivity index (χ1n) is 12.7. The zero-order chi connectivity index (χ0) is 27.6. The van der Waals surface area contributed by atoms with Crippen LogP contribution in [0.25, 0.3) is 0 Å². The molecule has 38 heavy (non-hydrogen) atoms. The van der Waals surface area contributed by atoms with E-state index in [1.807, 2.05) is 6.92 Å². The summed E-state index contributed by atoms with van der Waals surface area (Å²) in [5.74, 6) is 0.180. The number of benzene rings is 2. The van der Waals surface area contributed by atoms with Gasteiger partial charge in [-0.2, -0.15) is 4.31 Å². The van der Waals surface area contributed by atoms with Crippen LogP contribution in [0.4, 0.5) is 5.69 Å². The minimum absolute atomic E-state index is 0.00305. The topological polar surface area (TPSA) is 125 Å². The monoisotopic (exact) mass is 545 g/mol. The van der Waals surface area contributed by atoms with Crippen LogP contribution in [-0.4, -0.2) is 80.5 Å². The summed E-state index contributed by atoms with van der Waals surface area (Å²) >= 11 is 0. The lowest BCUT2D eigenvalue weighted by atomic mass is 9.99. The average Bonchev–Trinajstić information content (AvgIpc) is 3.76. The Bertz CT molecular complexity index is 1280. The van der Waals surface area contributed by atoms with Gasteiger partial charge in [0, 0.05) is 31.1 Å². The predicted molar refractivity (Wildman–Crippen MR) is 142 cm³/mol. The highest BCUT2D eigenvalue weighted by molar-refractivity contribution is 7.89. The molecule has 0 saturated heterocycles. The summed E-state index contributed by atoms with van der Waals surface area (Å²) in [7, 11) is -0.822. The second kappa shape index (κ2) is 11.3. The first-order valence-corrected chi connectivity index (χ1v) is 14.1. The van der Waals surface area contributed by atoms with Gasteiger partial charge < -0.3 is 24.8 Å². The largest absolute Gasteiger partial charge is 0.497 e. The van der Waals surface area contributed by atoms with Crippen molar-refractivity contribution in [3.63, 3.8) is 0 Å². The number of likely N-dealkylation sites (N-methyl/N-ethyl adjacent to an activating group) is 1. The summed E-state index contributed by atoms with van der Waals surface area (Å²) in [6.07, 6.45) is 1.11. The maximum Gasteiger partial charge on any atom is 0.258 e. The molecule has 10 nitrogen and oxygen atoms in total. The molecule has 11 heteroatoms. The lowest BCUT2D eigenvalue weighted by molar-refractivity contribution is -0.117. The van der Waals surface area contributed by atoms with Crippen molar-refractivity contribution < 1.29 is 32.6 Å². The number of hydrogen-bond donors (Lipinski definition) is 2. The number of carbonyl (C=O) groups is 2. The van der Waals surface area contributed by atoms with Gasteiger partial charge in [-0.25, -0.2) is 8.42 Å². The SMILES string of the molecule is COc1ccc(S(=O)(=O)N(C)C[C@H]2Oc3ccc(NC(=O)C4CC4)cc3C(=O)N([C@@H](C)CO)C[C@@H]2C)cc1. The van der Waals surface area contributed by atoms with Gasteiger partial charge in [-0.3, -0.25) is 9.59 Å². The number of nitrogens with zero attached hydrogens (tertiary/aromatic N) is 2. The summed E-state index contributed by atoms with van der Waals surface area (Å²) in [6, 6.07) is 10.6. The molecule has 2 N–H and O–H groups in total. The zero-order valence-electron chi connectivity index (χ0n) is 22.1. The van der Waals surface area contributed by atoms with Gasteiger partial charge in [0.05, 0.1) is 36.8 Å². The molecule has 0 radical (unpaired) electrons. The summed E-state index contributed by atoms with van der Waals surface area (Å²) in [4.78, 5) is 27.5. The number of carbonyl (C=O) groups excluding carboxylic acids is 2. The van der Waals surface area contributed by atoms with E-state index in [-0.39, 0.29) is 53.8 Å². The molecule has 2 aliphatic rings. The zero-order valence-corrected chi connectivity index (χ0v) is 22.9. The van der Waals surface area contributed by atoms with Crippen LogP contribution in [0.1, 0.15) is 37.0 Å². The predicted octanol–water partition coefficient (Wildman–Crippen LogP) is 2.58. The number of nitrogens with one attached hydrogen (secondary N) is 1. The maximum atomic E-state index is 13.6. The minimum Gasteiger partial charge on any atom is -0.497 e. The van der Waals surface area contributed by atoms with Crippen molar-refractivity contribution in [2.45, 2.75) is 43.7 Å². The fraction of sp³-hybridized carbons (Fsp3) is 0.481. The van der Waals surface area contributed by atoms with E-state index in [2.05, 4.69) is 5.32 Å². The standard InChI is InChI=1S/C27H35N3O7S/c1-17-14-30(18(2)16-31)27(33)23-13-20(28-26(32)19-5-6-19)7-12-24(23)37-25(17)15-29(3)38(34,35)22-10-8-21(36-4)9-11-22/h7-13,17-19,25,31H,5-6,14-16H2,1-4H3,(H,28,32)/t17-,18-,25+/m0/s1. The first kappa shape index (κ1) is 27.9. The molecule has 2 aromatic rings. The van der Waals surface area contributed by atoms with Gasteiger partial charge in [-0.05, 0) is 62.2 Å². The quantitative estimate of drug-likeness (QED) is 0.496. The van der Waals surface area contributed by atoms with Gasteiger partial charge in [0.2, 0.25) is 15.9 Å². The normalized spacial score (nSPS) is 20.7. The van der Waals surface area contributed by atoms with Gasteiger partial charge in [0.1, 0.15) is 17.6 Å². The van der Waals surface area contributed by atoms with E-state index in [0.717, 1.165) is 12.8 Å². The van der Waals surface area contributed by atoms with Crippen LogP contribution in [0.3, 0.4) is 0 Å². The Kier molecular flexibility index (Phi) is 8.29. The van der Waals surface area contributed by atoms with Crippen molar-refractivity contribution in [2.24, 2.45) is 11.8 Å². The molecule has 1 saturated carbocycles. The maximum absolute atomic E-state index is 13.6. The van der Waals surface area contributed by atoms with E-state index in [1.54, 1.807) is 42.2 Å². The Labute approximate surface area is 223 Å². The summed E-state index contributed by atoms with van der Waals surface area (Å²) < 4.78 is 39.2. The molecule has 0 unspecified atom stereocenters. The number of ether oxygens (including phenoxy) is 2. The Morgan fingerprint density at radius 2 is 1.92 bits per heavy atom. The number of rotatable bonds is 9. The number of amides is 2. The molecule has 1 aliphatic heterocycles. The highest BCUT2D eigenvalue weighted by Crippen LogP contribution is 2.33. The van der Waals surface area contributed by atoms with E-state index in [4.69, 9.17) is 9.47 Å². The van der Waals surface area contributed by atoms with E-state index < -0.39 is 22.2 Å². The van der Waals surface area contributed by atoms with E-state index in [9.17, 15) is 23.1 Å². The number of hydrogen-bond acceptors (Lipinski definition) is 7. The fourth-order valence-electron chi connectivity index (χ4n) is 4.39. The Balaban J connectivity index is 1.63. The lowest BCUT2D eigenvalue weighted by Gasteiger charge is -2.38. The Morgan fingerprint density at radius 1 is 1.24 bits per heavy atom. The van der Waals surface area contributed by atoms with Crippen molar-refractivity contribution in [1.29, 1.82) is 0 Å². The fourth-order valence-corrected chi connectivity index (χ4v) is 5.57. The van der Waals surface area contributed by atoms with Gasteiger partial charge in [-0.1, -0.05) is 6.92 Å². The van der Waals surface area contributed by atoms with Crippen molar-refractivity contribution in [3.8, 4) is 11.5 Å². The molecule has 1 fully saturated rings. The molecule has 206 valence electrons. The van der Waals surface area contributed by atoms with Crippen LogP contribution in [-0.2, 0) is 14.8 Å². The smallest absolute Gasteiger partial charge is 0.258 e. The molecule has 0 aromatic heterocycles. The van der Waals surface area contributed by atoms with Crippen LogP contribution in [0.5, 0.6) is 11.5 Å². The summed E-state index contributed by atoms with van der Waals surface area (Å²) in [5.41, 5.74) is 0.732. The van der Waals surface area contributed by atoms with Crippen molar-refractivity contribution in [2.75, 3.05) is 39.2 Å². The van der Waals surface area contributed by atoms with E-state index in [1.165, 1.54) is 30.6 Å². The molecule has 2 amide bonds. The number of anilines is 1. The average molecular weight is 546 g/mol. The van der Waals surface area contributed by atoms with Gasteiger partial charge in [0.25, 0.3) is 5.91 Å². The third-order valence-corrected chi connectivity index (χ3v) is 8.92. The highest BCUT2D eigenvalue weighted by Gasteiger charge is 2.36. The first-order chi connectivity index (χ1) is 18.0. The van der Waals surface area contributed by atoms with Crippen LogP contribution < -0.4 is 14.8 Å². The molecule has 4 rings (SSSR count). The van der Waals surface area contributed by atoms with Gasteiger partial charge in [-0.15, -0.1) is 0 Å². The summed E-state index contributed by atoms with van der Waals surface area (Å²) in [6.45, 7) is 3.69. The van der Waals surface area contributed by atoms with Crippen molar-refractivity contribution in [3.05, 3.63) is 48.0 Å².